The highest BCUT2D eigenvalue weighted by Crippen LogP contribution is 2.28. The smallest absolute Gasteiger partial charge is 0.338 e. The average Bonchev–Trinajstić information content (AvgIpc) is 2.92. The van der Waals surface area contributed by atoms with Crippen LogP contribution in [0.1, 0.15) is 11.4 Å². The Morgan fingerprint density at radius 1 is 1.17 bits per heavy atom. The number of nitrogens with zero attached hydrogens (tertiary/aromatic N) is 7. The van der Waals surface area contributed by atoms with Gasteiger partial charge in [-0.1, -0.05) is 5.21 Å². The van der Waals surface area contributed by atoms with Crippen LogP contribution in [-0.4, -0.2) is 56.0 Å². The Bertz CT molecular complexity index is 662. The van der Waals surface area contributed by atoms with Crippen molar-refractivity contribution in [3.05, 3.63) is 29.8 Å². The Kier molecular flexibility index (Phi) is 4.16. The third-order valence-corrected chi connectivity index (χ3v) is 3.62. The average molecular weight is 327 g/mol. The Morgan fingerprint density at radius 2 is 1.91 bits per heavy atom. The van der Waals surface area contributed by atoms with Crippen LogP contribution in [0.5, 0.6) is 0 Å². The number of hydrogen-bond acceptors (Lipinski definition) is 6. The molecule has 2 aromatic rings. The summed E-state index contributed by atoms with van der Waals surface area (Å²) < 4.78 is 39.8. The van der Waals surface area contributed by atoms with Crippen molar-refractivity contribution in [2.45, 2.75) is 12.7 Å². The number of alkyl halides is 3. The van der Waals surface area contributed by atoms with Crippen LogP contribution in [0.15, 0.2) is 18.5 Å². The Hall–Kier alpha value is -2.23. The maximum Gasteiger partial charge on any atom is 0.433 e. The predicted octanol–water partition coefficient (Wildman–Crippen LogP) is 0.946. The molecule has 0 aliphatic carbocycles. The standard InChI is InChI=1S/C13H16F3N7/c1-21-8-10(19-20-21)9-22-4-6-23(7-5-22)12-17-3-2-11(18-12)13(14,15)16/h2-3,8H,4-7,9H2,1H3. The maximum atomic E-state index is 12.7. The monoisotopic (exact) mass is 327 g/mol. The summed E-state index contributed by atoms with van der Waals surface area (Å²) in [4.78, 5) is 11.5. The van der Waals surface area contributed by atoms with E-state index in [2.05, 4.69) is 25.2 Å². The Labute approximate surface area is 130 Å². The molecule has 0 bridgehead atoms. The molecule has 0 amide bonds. The third kappa shape index (κ3) is 3.76. The topological polar surface area (TPSA) is 63.0 Å². The number of aryl methyl sites for hydroxylation is 1. The molecule has 23 heavy (non-hydrogen) atoms. The van der Waals surface area contributed by atoms with Gasteiger partial charge >= 0.3 is 6.18 Å². The number of halogens is 3. The van der Waals surface area contributed by atoms with E-state index in [1.165, 1.54) is 0 Å². The van der Waals surface area contributed by atoms with Gasteiger partial charge in [0, 0.05) is 52.2 Å². The molecule has 3 heterocycles. The highest BCUT2D eigenvalue weighted by molar-refractivity contribution is 5.31. The first-order chi connectivity index (χ1) is 10.9. The summed E-state index contributed by atoms with van der Waals surface area (Å²) >= 11 is 0. The molecule has 1 saturated heterocycles. The van der Waals surface area contributed by atoms with Gasteiger partial charge in [0.05, 0.1) is 5.69 Å². The van der Waals surface area contributed by atoms with Crippen molar-refractivity contribution in [3.63, 3.8) is 0 Å². The van der Waals surface area contributed by atoms with Crippen molar-refractivity contribution in [3.8, 4) is 0 Å². The van der Waals surface area contributed by atoms with Gasteiger partial charge in [0.25, 0.3) is 0 Å². The quantitative estimate of drug-likeness (QED) is 0.836. The molecule has 0 radical (unpaired) electrons. The van der Waals surface area contributed by atoms with Gasteiger partial charge in [0.15, 0.2) is 0 Å². The second-order valence-electron chi connectivity index (χ2n) is 5.39. The molecule has 2 aromatic heterocycles. The summed E-state index contributed by atoms with van der Waals surface area (Å²) in [5, 5.41) is 7.91. The van der Waals surface area contributed by atoms with Crippen molar-refractivity contribution in [1.82, 2.24) is 29.9 Å². The lowest BCUT2D eigenvalue weighted by Gasteiger charge is -2.34. The lowest BCUT2D eigenvalue weighted by atomic mass is 10.3. The van der Waals surface area contributed by atoms with Crippen molar-refractivity contribution < 1.29 is 13.2 Å². The second-order valence-corrected chi connectivity index (χ2v) is 5.39. The van der Waals surface area contributed by atoms with Crippen molar-refractivity contribution >= 4 is 5.95 Å². The Balaban J connectivity index is 1.60. The van der Waals surface area contributed by atoms with E-state index in [-0.39, 0.29) is 5.95 Å². The molecule has 1 aliphatic heterocycles. The van der Waals surface area contributed by atoms with E-state index in [1.54, 1.807) is 16.6 Å². The first-order valence-corrected chi connectivity index (χ1v) is 7.14. The minimum absolute atomic E-state index is 0.124. The Morgan fingerprint density at radius 3 is 2.52 bits per heavy atom. The normalized spacial score (nSPS) is 16.8. The van der Waals surface area contributed by atoms with Crippen LogP contribution in [0, 0.1) is 0 Å². The summed E-state index contributed by atoms with van der Waals surface area (Å²) in [6.07, 6.45) is -1.45. The van der Waals surface area contributed by atoms with Gasteiger partial charge in [-0.05, 0) is 6.07 Å². The van der Waals surface area contributed by atoms with Gasteiger partial charge in [-0.15, -0.1) is 5.10 Å². The number of anilines is 1. The molecule has 1 fully saturated rings. The SMILES string of the molecule is Cn1cc(CN2CCN(c3nccc(C(F)(F)F)n3)CC2)nn1. The summed E-state index contributed by atoms with van der Waals surface area (Å²) in [5.74, 6) is 0.124. The molecule has 0 aromatic carbocycles. The summed E-state index contributed by atoms with van der Waals surface area (Å²) in [5.41, 5.74) is -0.0410. The third-order valence-electron chi connectivity index (χ3n) is 3.62. The van der Waals surface area contributed by atoms with E-state index in [1.807, 2.05) is 6.20 Å². The maximum absolute atomic E-state index is 12.7. The fourth-order valence-electron chi connectivity index (χ4n) is 2.46. The number of piperazine rings is 1. The van der Waals surface area contributed by atoms with Gasteiger partial charge < -0.3 is 4.90 Å². The summed E-state index contributed by atoms with van der Waals surface area (Å²) in [7, 11) is 1.80. The van der Waals surface area contributed by atoms with Crippen LogP contribution in [0.3, 0.4) is 0 Å². The van der Waals surface area contributed by atoms with Crippen LogP contribution >= 0.6 is 0 Å². The number of rotatable bonds is 3. The van der Waals surface area contributed by atoms with Crippen molar-refractivity contribution in [2.24, 2.45) is 7.05 Å². The van der Waals surface area contributed by atoms with Crippen LogP contribution < -0.4 is 4.90 Å². The lowest BCUT2D eigenvalue weighted by molar-refractivity contribution is -0.141. The van der Waals surface area contributed by atoms with Gasteiger partial charge in [0.1, 0.15) is 5.69 Å². The summed E-state index contributed by atoms with van der Waals surface area (Å²) in [6.45, 7) is 3.22. The van der Waals surface area contributed by atoms with E-state index in [9.17, 15) is 13.2 Å². The number of aromatic nitrogens is 5. The van der Waals surface area contributed by atoms with Crippen molar-refractivity contribution in [1.29, 1.82) is 0 Å². The zero-order chi connectivity index (χ0) is 16.4. The molecule has 0 unspecified atom stereocenters. The second kappa shape index (κ2) is 6.11. The molecule has 124 valence electrons. The molecule has 1 aliphatic rings. The zero-order valence-electron chi connectivity index (χ0n) is 12.5. The fraction of sp³-hybridized carbons (Fsp3) is 0.538. The summed E-state index contributed by atoms with van der Waals surface area (Å²) in [6, 6.07) is 0.883. The molecule has 7 nitrogen and oxygen atoms in total. The zero-order valence-corrected chi connectivity index (χ0v) is 12.5. The highest BCUT2D eigenvalue weighted by atomic mass is 19.4. The minimum Gasteiger partial charge on any atom is -0.338 e. The molecule has 0 spiro atoms. The molecule has 0 N–H and O–H groups in total. The largest absolute Gasteiger partial charge is 0.433 e. The van der Waals surface area contributed by atoms with E-state index in [0.717, 1.165) is 18.0 Å². The molecule has 0 saturated carbocycles. The number of hydrogen-bond donors (Lipinski definition) is 0. The van der Waals surface area contributed by atoms with Gasteiger partial charge in [0.2, 0.25) is 5.95 Å². The van der Waals surface area contributed by atoms with Crippen LogP contribution in [0.2, 0.25) is 0 Å². The molecule has 10 heteroatoms. The molecular weight excluding hydrogens is 311 g/mol. The van der Waals surface area contributed by atoms with Crippen molar-refractivity contribution in [2.75, 3.05) is 31.1 Å². The van der Waals surface area contributed by atoms with Gasteiger partial charge in [-0.2, -0.15) is 13.2 Å². The van der Waals surface area contributed by atoms with E-state index >= 15 is 0 Å². The fourth-order valence-corrected chi connectivity index (χ4v) is 2.46. The van der Waals surface area contributed by atoms with Crippen LogP contribution in [0.4, 0.5) is 19.1 Å². The lowest BCUT2D eigenvalue weighted by Crippen LogP contribution is -2.46. The van der Waals surface area contributed by atoms with E-state index in [0.29, 0.717) is 32.7 Å². The highest BCUT2D eigenvalue weighted by Gasteiger charge is 2.33. The van der Waals surface area contributed by atoms with Crippen LogP contribution in [-0.2, 0) is 19.8 Å². The van der Waals surface area contributed by atoms with Gasteiger partial charge in [-0.25, -0.2) is 9.97 Å². The predicted molar refractivity (Wildman–Crippen MR) is 75.5 cm³/mol. The first-order valence-electron chi connectivity index (χ1n) is 7.14. The molecule has 3 rings (SSSR count). The first kappa shape index (κ1) is 15.7. The van der Waals surface area contributed by atoms with Gasteiger partial charge in [-0.3, -0.25) is 9.58 Å². The van der Waals surface area contributed by atoms with E-state index < -0.39 is 11.9 Å². The minimum atomic E-state index is -4.45. The van der Waals surface area contributed by atoms with Crippen LogP contribution in [0.25, 0.3) is 0 Å². The van der Waals surface area contributed by atoms with E-state index in [4.69, 9.17) is 0 Å². The molecular formula is C13H16F3N7. The molecule has 0 atom stereocenters.